The molecule has 28 heavy (non-hydrogen) atoms. The van der Waals surface area contributed by atoms with Gasteiger partial charge >= 0.3 is 0 Å². The lowest BCUT2D eigenvalue weighted by Gasteiger charge is -2.19. The highest BCUT2D eigenvalue weighted by Gasteiger charge is 2.27. The first-order valence-electron chi connectivity index (χ1n) is 9.38. The van der Waals surface area contributed by atoms with E-state index in [1.165, 1.54) is 16.4 Å². The number of methoxy groups -OCH3 is 1. The van der Waals surface area contributed by atoms with E-state index in [4.69, 9.17) is 4.74 Å². The number of sulfonamides is 1. The molecule has 1 atom stereocenters. The number of ether oxygens (including phenoxy) is 1. The van der Waals surface area contributed by atoms with E-state index in [0.29, 0.717) is 24.4 Å². The van der Waals surface area contributed by atoms with E-state index in [1.807, 2.05) is 32.0 Å². The van der Waals surface area contributed by atoms with Crippen LogP contribution in [0, 0.1) is 6.92 Å². The van der Waals surface area contributed by atoms with Gasteiger partial charge in [0.15, 0.2) is 0 Å². The number of aryl methyl sites for hydroxylation is 1. The molecule has 0 aliphatic carbocycles. The summed E-state index contributed by atoms with van der Waals surface area (Å²) in [5.74, 6) is 0.373. The molecule has 3 rings (SSSR count). The van der Waals surface area contributed by atoms with Gasteiger partial charge in [-0.05, 0) is 51.0 Å². The summed E-state index contributed by atoms with van der Waals surface area (Å²) in [6, 6.07) is 11.7. The van der Waals surface area contributed by atoms with Crippen LogP contribution in [0.1, 0.15) is 47.3 Å². The second-order valence-corrected chi connectivity index (χ2v) is 9.02. The lowest BCUT2D eigenvalue weighted by atomic mass is 10.0. The summed E-state index contributed by atoms with van der Waals surface area (Å²) in [7, 11) is -1.97. The molecular formula is C21H26N2O4S. The summed E-state index contributed by atoms with van der Waals surface area (Å²) < 4.78 is 32.4. The molecule has 150 valence electrons. The number of carbonyl (C=O) groups excluding carboxylic acids is 1. The van der Waals surface area contributed by atoms with E-state index in [-0.39, 0.29) is 16.8 Å². The topological polar surface area (TPSA) is 75.7 Å². The molecule has 1 aliphatic heterocycles. The summed E-state index contributed by atoms with van der Waals surface area (Å²) in [5, 5.41) is 2.94. The molecule has 1 amide bonds. The zero-order chi connectivity index (χ0) is 20.3. The highest BCUT2D eigenvalue weighted by atomic mass is 32.2. The first-order valence-corrected chi connectivity index (χ1v) is 10.8. The Kier molecular flexibility index (Phi) is 6.05. The van der Waals surface area contributed by atoms with Crippen molar-refractivity contribution in [3.05, 3.63) is 59.2 Å². The van der Waals surface area contributed by atoms with Crippen molar-refractivity contribution in [3.8, 4) is 5.75 Å². The minimum Gasteiger partial charge on any atom is -0.496 e. The molecule has 6 nitrogen and oxygen atoms in total. The lowest BCUT2D eigenvalue weighted by Crippen LogP contribution is -2.29. The van der Waals surface area contributed by atoms with E-state index in [9.17, 15) is 13.2 Å². The van der Waals surface area contributed by atoms with Crippen LogP contribution in [-0.4, -0.2) is 38.8 Å². The van der Waals surface area contributed by atoms with E-state index < -0.39 is 10.0 Å². The monoisotopic (exact) mass is 402 g/mol. The van der Waals surface area contributed by atoms with Gasteiger partial charge in [-0.3, -0.25) is 4.79 Å². The summed E-state index contributed by atoms with van der Waals surface area (Å²) >= 11 is 0. The smallest absolute Gasteiger partial charge is 0.251 e. The normalized spacial score (nSPS) is 16.0. The predicted octanol–water partition coefficient (Wildman–Crippen LogP) is 3.28. The largest absolute Gasteiger partial charge is 0.496 e. The molecule has 1 N–H and O–H groups in total. The quantitative estimate of drug-likeness (QED) is 0.805. The number of nitrogens with zero attached hydrogens (tertiary/aromatic N) is 1. The summed E-state index contributed by atoms with van der Waals surface area (Å²) in [6.45, 7) is 4.91. The molecule has 0 aromatic heterocycles. The van der Waals surface area contributed by atoms with Crippen LogP contribution in [0.2, 0.25) is 0 Å². The molecule has 0 bridgehead atoms. The maximum Gasteiger partial charge on any atom is 0.251 e. The van der Waals surface area contributed by atoms with Crippen molar-refractivity contribution < 1.29 is 17.9 Å². The molecule has 2 aromatic carbocycles. The van der Waals surface area contributed by atoms with Crippen LogP contribution in [0.3, 0.4) is 0 Å². The third-order valence-electron chi connectivity index (χ3n) is 5.00. The number of benzene rings is 2. The highest BCUT2D eigenvalue weighted by Crippen LogP contribution is 2.27. The van der Waals surface area contributed by atoms with Gasteiger partial charge in [0.2, 0.25) is 10.0 Å². The van der Waals surface area contributed by atoms with Crippen molar-refractivity contribution in [3.63, 3.8) is 0 Å². The Morgan fingerprint density at radius 1 is 1.14 bits per heavy atom. The average molecular weight is 403 g/mol. The second kappa shape index (κ2) is 8.32. The summed E-state index contributed by atoms with van der Waals surface area (Å²) in [5.41, 5.74) is 2.26. The lowest BCUT2D eigenvalue weighted by molar-refractivity contribution is 0.0939. The van der Waals surface area contributed by atoms with Gasteiger partial charge in [0, 0.05) is 24.2 Å². The van der Waals surface area contributed by atoms with Gasteiger partial charge in [0.25, 0.3) is 5.91 Å². The Balaban J connectivity index is 1.81. The Morgan fingerprint density at radius 3 is 2.54 bits per heavy atom. The number of nitrogens with one attached hydrogen (secondary N) is 1. The number of rotatable bonds is 6. The third kappa shape index (κ3) is 4.20. The molecular weight excluding hydrogens is 376 g/mol. The van der Waals surface area contributed by atoms with Crippen LogP contribution >= 0.6 is 0 Å². The van der Waals surface area contributed by atoms with Crippen molar-refractivity contribution in [1.29, 1.82) is 0 Å². The Hall–Kier alpha value is -2.38. The van der Waals surface area contributed by atoms with Gasteiger partial charge in [-0.2, -0.15) is 4.31 Å². The summed E-state index contributed by atoms with van der Waals surface area (Å²) in [4.78, 5) is 12.9. The number of amides is 1. The van der Waals surface area contributed by atoms with Gasteiger partial charge in [0.1, 0.15) is 5.75 Å². The fourth-order valence-electron chi connectivity index (χ4n) is 3.43. The van der Waals surface area contributed by atoms with Gasteiger partial charge in [-0.1, -0.05) is 23.8 Å². The third-order valence-corrected chi connectivity index (χ3v) is 6.89. The Morgan fingerprint density at radius 2 is 1.86 bits per heavy atom. The van der Waals surface area contributed by atoms with Crippen LogP contribution in [0.4, 0.5) is 0 Å². The zero-order valence-electron chi connectivity index (χ0n) is 16.4. The number of hydrogen-bond donors (Lipinski definition) is 1. The standard InChI is InChI=1S/C21H26N2O4S/c1-15-9-10-20(27-3)19(13-15)16(2)22-21(24)17-7-6-8-18(14-17)28(25,26)23-11-4-5-12-23/h6-10,13-14,16H,4-5,11-12H2,1-3H3,(H,22,24). The van der Waals surface area contributed by atoms with Gasteiger partial charge in [-0.15, -0.1) is 0 Å². The molecule has 0 spiro atoms. The van der Waals surface area contributed by atoms with E-state index in [0.717, 1.165) is 24.0 Å². The average Bonchev–Trinajstić information content (AvgIpc) is 3.23. The molecule has 1 saturated heterocycles. The van der Waals surface area contributed by atoms with Gasteiger partial charge in [0.05, 0.1) is 18.0 Å². The SMILES string of the molecule is COc1ccc(C)cc1C(C)NC(=O)c1cccc(S(=O)(=O)N2CCCC2)c1. The van der Waals surface area contributed by atoms with Crippen LogP contribution < -0.4 is 10.1 Å². The molecule has 0 saturated carbocycles. The van der Waals surface area contributed by atoms with E-state index in [1.54, 1.807) is 19.2 Å². The zero-order valence-corrected chi connectivity index (χ0v) is 17.3. The minimum absolute atomic E-state index is 0.155. The summed E-state index contributed by atoms with van der Waals surface area (Å²) in [6.07, 6.45) is 1.74. The number of hydrogen-bond acceptors (Lipinski definition) is 4. The maximum atomic E-state index is 12.8. The van der Waals surface area contributed by atoms with Crippen molar-refractivity contribution >= 4 is 15.9 Å². The first-order chi connectivity index (χ1) is 13.3. The van der Waals surface area contributed by atoms with Crippen LogP contribution in [-0.2, 0) is 10.0 Å². The molecule has 1 fully saturated rings. The Labute approximate surface area is 166 Å². The molecule has 1 heterocycles. The fourth-order valence-corrected chi connectivity index (χ4v) is 4.99. The van der Waals surface area contributed by atoms with Gasteiger partial charge < -0.3 is 10.1 Å². The molecule has 1 aliphatic rings. The van der Waals surface area contributed by atoms with Crippen molar-refractivity contribution in [2.45, 2.75) is 37.6 Å². The molecule has 0 radical (unpaired) electrons. The maximum absolute atomic E-state index is 12.8. The number of carbonyl (C=O) groups is 1. The van der Waals surface area contributed by atoms with E-state index in [2.05, 4.69) is 5.32 Å². The predicted molar refractivity (Wildman–Crippen MR) is 108 cm³/mol. The van der Waals surface area contributed by atoms with Crippen LogP contribution in [0.5, 0.6) is 5.75 Å². The highest BCUT2D eigenvalue weighted by molar-refractivity contribution is 7.89. The van der Waals surface area contributed by atoms with Gasteiger partial charge in [-0.25, -0.2) is 8.42 Å². The van der Waals surface area contributed by atoms with E-state index >= 15 is 0 Å². The molecule has 2 aromatic rings. The second-order valence-electron chi connectivity index (χ2n) is 7.08. The minimum atomic E-state index is -3.56. The Bertz CT molecular complexity index is 966. The van der Waals surface area contributed by atoms with Crippen LogP contribution in [0.15, 0.2) is 47.4 Å². The van der Waals surface area contributed by atoms with Crippen LogP contribution in [0.25, 0.3) is 0 Å². The fraction of sp³-hybridized carbons (Fsp3) is 0.381. The van der Waals surface area contributed by atoms with Crippen molar-refractivity contribution in [2.24, 2.45) is 0 Å². The van der Waals surface area contributed by atoms with Crippen molar-refractivity contribution in [2.75, 3.05) is 20.2 Å². The van der Waals surface area contributed by atoms with Crippen molar-refractivity contribution in [1.82, 2.24) is 9.62 Å². The molecule has 1 unspecified atom stereocenters. The molecule has 7 heteroatoms. The first kappa shape index (κ1) is 20.4.